The molecule has 0 spiro atoms. The Bertz CT molecular complexity index is 1100. The van der Waals surface area contributed by atoms with Crippen molar-refractivity contribution < 1.29 is 23.7 Å². The summed E-state index contributed by atoms with van der Waals surface area (Å²) >= 11 is 1.43. The van der Waals surface area contributed by atoms with Gasteiger partial charge < -0.3 is 18.9 Å². The van der Waals surface area contributed by atoms with Gasteiger partial charge in [0.25, 0.3) is 0 Å². The van der Waals surface area contributed by atoms with Crippen molar-refractivity contribution in [1.29, 1.82) is 5.26 Å². The lowest BCUT2D eigenvalue weighted by atomic mass is 10.2. The monoisotopic (exact) mass is 436 g/mol. The Morgan fingerprint density at radius 2 is 1.97 bits per heavy atom. The molecule has 2 aromatic carbocycles. The van der Waals surface area contributed by atoms with Gasteiger partial charge >= 0.3 is 5.97 Å². The number of hydrogen-bond donors (Lipinski definition) is 0. The lowest BCUT2D eigenvalue weighted by molar-refractivity contribution is -0.139. The van der Waals surface area contributed by atoms with Gasteiger partial charge in [0.2, 0.25) is 0 Å². The van der Waals surface area contributed by atoms with Gasteiger partial charge in [0.05, 0.1) is 25.5 Å². The van der Waals surface area contributed by atoms with Crippen LogP contribution in [0, 0.1) is 11.3 Å². The Morgan fingerprint density at radius 3 is 2.68 bits per heavy atom. The number of esters is 1. The van der Waals surface area contributed by atoms with Gasteiger partial charge in [0.1, 0.15) is 23.4 Å². The highest BCUT2D eigenvalue weighted by atomic mass is 32.1. The third-order valence-electron chi connectivity index (χ3n) is 4.14. The zero-order valence-corrected chi connectivity index (χ0v) is 17.8. The van der Waals surface area contributed by atoms with E-state index in [1.54, 1.807) is 44.6 Å². The van der Waals surface area contributed by atoms with E-state index in [4.69, 9.17) is 24.2 Å². The number of nitriles is 1. The first kappa shape index (κ1) is 21.9. The highest BCUT2D eigenvalue weighted by Crippen LogP contribution is 2.39. The van der Waals surface area contributed by atoms with E-state index < -0.39 is 5.97 Å². The van der Waals surface area contributed by atoms with E-state index in [-0.39, 0.29) is 13.2 Å². The predicted octanol–water partition coefficient (Wildman–Crippen LogP) is 4.49. The Morgan fingerprint density at radius 1 is 1.16 bits per heavy atom. The molecule has 0 saturated carbocycles. The second-order valence-electron chi connectivity index (χ2n) is 6.14. The molecule has 0 saturated heterocycles. The van der Waals surface area contributed by atoms with Gasteiger partial charge in [-0.3, -0.25) is 0 Å². The molecule has 0 amide bonds. The summed E-state index contributed by atoms with van der Waals surface area (Å²) in [6, 6.07) is 14.5. The molecule has 0 unspecified atom stereocenters. The Labute approximate surface area is 184 Å². The smallest absolute Gasteiger partial charge is 0.331 e. The van der Waals surface area contributed by atoms with Gasteiger partial charge in [0, 0.05) is 11.5 Å². The molecule has 31 heavy (non-hydrogen) atoms. The second kappa shape index (κ2) is 10.8. The zero-order valence-electron chi connectivity index (χ0n) is 17.0. The van der Waals surface area contributed by atoms with E-state index >= 15 is 0 Å². The highest BCUT2D eigenvalue weighted by molar-refractivity contribution is 7.13. The molecule has 0 bridgehead atoms. The standard InChI is InChI=1S/C23H20N2O5S/c1-27-20-5-3-4-19(22(20)28-2)23-25-17(15-31-23)14-30-21(26)11-8-16-6-9-18(10-7-16)29-13-12-24/h3-11,15H,13-14H2,1-2H3/b11-8+. The minimum atomic E-state index is -0.474. The average molecular weight is 436 g/mol. The molecule has 158 valence electrons. The molecule has 3 aromatic rings. The Balaban J connectivity index is 1.58. The lowest BCUT2D eigenvalue weighted by Crippen LogP contribution is -2.01. The summed E-state index contributed by atoms with van der Waals surface area (Å²) in [7, 11) is 3.16. The summed E-state index contributed by atoms with van der Waals surface area (Å²) in [6.45, 7) is 0.0529. The maximum atomic E-state index is 12.0. The van der Waals surface area contributed by atoms with Gasteiger partial charge in [-0.05, 0) is 35.9 Å². The number of hydrogen-bond acceptors (Lipinski definition) is 8. The summed E-state index contributed by atoms with van der Waals surface area (Å²) < 4.78 is 21.2. The minimum absolute atomic E-state index is 0.00948. The van der Waals surface area contributed by atoms with Crippen LogP contribution in [0.2, 0.25) is 0 Å². The number of carbonyl (C=O) groups excluding carboxylic acids is 1. The van der Waals surface area contributed by atoms with Crippen LogP contribution >= 0.6 is 11.3 Å². The maximum Gasteiger partial charge on any atom is 0.331 e. The molecule has 7 nitrogen and oxygen atoms in total. The molecule has 0 radical (unpaired) electrons. The van der Waals surface area contributed by atoms with E-state index in [0.717, 1.165) is 16.1 Å². The van der Waals surface area contributed by atoms with Gasteiger partial charge in [-0.15, -0.1) is 11.3 Å². The van der Waals surface area contributed by atoms with E-state index in [2.05, 4.69) is 4.98 Å². The third-order valence-corrected chi connectivity index (χ3v) is 5.07. The van der Waals surface area contributed by atoms with Crippen molar-refractivity contribution in [3.63, 3.8) is 0 Å². The molecule has 0 aliphatic heterocycles. The summed E-state index contributed by atoms with van der Waals surface area (Å²) in [5.74, 6) is 1.35. The van der Waals surface area contributed by atoms with Crippen LogP contribution in [0.25, 0.3) is 16.6 Å². The fourth-order valence-electron chi connectivity index (χ4n) is 2.70. The molecular formula is C23H20N2O5S. The van der Waals surface area contributed by atoms with E-state index in [0.29, 0.717) is 22.9 Å². The predicted molar refractivity (Wildman–Crippen MR) is 117 cm³/mol. The fourth-order valence-corrected chi connectivity index (χ4v) is 3.53. The summed E-state index contributed by atoms with van der Waals surface area (Å²) in [6.07, 6.45) is 2.99. The minimum Gasteiger partial charge on any atom is -0.493 e. The van der Waals surface area contributed by atoms with Crippen molar-refractivity contribution in [2.75, 3.05) is 20.8 Å². The molecule has 0 N–H and O–H groups in total. The SMILES string of the molecule is COc1cccc(-c2nc(COC(=O)/C=C/c3ccc(OCC#N)cc3)cs2)c1OC. The van der Waals surface area contributed by atoms with Crippen LogP contribution in [-0.2, 0) is 16.1 Å². The summed E-state index contributed by atoms with van der Waals surface area (Å²) in [5, 5.41) is 11.1. The van der Waals surface area contributed by atoms with E-state index in [9.17, 15) is 4.79 Å². The van der Waals surface area contributed by atoms with Crippen LogP contribution < -0.4 is 14.2 Å². The summed E-state index contributed by atoms with van der Waals surface area (Å²) in [5.41, 5.74) is 2.26. The van der Waals surface area contributed by atoms with Crippen LogP contribution in [0.5, 0.6) is 17.2 Å². The number of methoxy groups -OCH3 is 2. The fraction of sp³-hybridized carbons (Fsp3) is 0.174. The lowest BCUT2D eigenvalue weighted by Gasteiger charge is -2.10. The van der Waals surface area contributed by atoms with E-state index in [1.807, 2.05) is 29.6 Å². The zero-order chi connectivity index (χ0) is 22.1. The topological polar surface area (TPSA) is 90.7 Å². The maximum absolute atomic E-state index is 12.0. The first-order valence-corrected chi connectivity index (χ1v) is 10.1. The third kappa shape index (κ3) is 5.84. The normalized spacial score (nSPS) is 10.5. The number of ether oxygens (including phenoxy) is 4. The number of aromatic nitrogens is 1. The Hall–Kier alpha value is -3.83. The van der Waals surface area contributed by atoms with Crippen molar-refractivity contribution in [3.8, 4) is 33.9 Å². The Kier molecular flexibility index (Phi) is 7.62. The quantitative estimate of drug-likeness (QED) is 0.361. The molecule has 0 atom stereocenters. The largest absolute Gasteiger partial charge is 0.493 e. The first-order chi connectivity index (χ1) is 15.1. The van der Waals surface area contributed by atoms with Crippen LogP contribution in [0.4, 0.5) is 0 Å². The second-order valence-corrected chi connectivity index (χ2v) is 7.00. The molecule has 0 aliphatic rings. The van der Waals surface area contributed by atoms with Crippen LogP contribution in [0.15, 0.2) is 53.9 Å². The molecule has 3 rings (SSSR count). The number of nitrogens with zero attached hydrogens (tertiary/aromatic N) is 2. The van der Waals surface area contributed by atoms with Gasteiger partial charge in [0.15, 0.2) is 18.1 Å². The van der Waals surface area contributed by atoms with Gasteiger partial charge in [-0.25, -0.2) is 9.78 Å². The number of rotatable bonds is 9. The number of benzene rings is 2. The van der Waals surface area contributed by atoms with Crippen molar-refractivity contribution in [3.05, 3.63) is 65.2 Å². The molecule has 1 heterocycles. The molecular weight excluding hydrogens is 416 g/mol. The van der Waals surface area contributed by atoms with Crippen LogP contribution in [-0.4, -0.2) is 31.8 Å². The van der Waals surface area contributed by atoms with Crippen molar-refractivity contribution >= 4 is 23.4 Å². The first-order valence-electron chi connectivity index (χ1n) is 9.25. The van der Waals surface area contributed by atoms with Crippen molar-refractivity contribution in [2.24, 2.45) is 0 Å². The molecule has 8 heteroatoms. The van der Waals surface area contributed by atoms with Crippen molar-refractivity contribution in [2.45, 2.75) is 6.61 Å². The number of carbonyl (C=O) groups is 1. The van der Waals surface area contributed by atoms with Crippen LogP contribution in [0.3, 0.4) is 0 Å². The molecule has 1 aromatic heterocycles. The van der Waals surface area contributed by atoms with E-state index in [1.165, 1.54) is 17.4 Å². The number of para-hydroxylation sites is 1. The summed E-state index contributed by atoms with van der Waals surface area (Å²) in [4.78, 5) is 16.6. The molecule has 0 fully saturated rings. The van der Waals surface area contributed by atoms with Crippen molar-refractivity contribution in [1.82, 2.24) is 4.98 Å². The van der Waals surface area contributed by atoms with Gasteiger partial charge in [-0.2, -0.15) is 5.26 Å². The number of thiazole rings is 1. The average Bonchev–Trinajstić information content (AvgIpc) is 3.29. The van der Waals surface area contributed by atoms with Gasteiger partial charge in [-0.1, -0.05) is 18.2 Å². The molecule has 0 aliphatic carbocycles. The highest BCUT2D eigenvalue weighted by Gasteiger charge is 2.15. The van der Waals surface area contributed by atoms with Crippen LogP contribution in [0.1, 0.15) is 11.3 Å².